The van der Waals surface area contributed by atoms with Gasteiger partial charge in [0.25, 0.3) is 0 Å². The Balaban J connectivity index is 2.81. The molecule has 1 rings (SSSR count). The summed E-state index contributed by atoms with van der Waals surface area (Å²) in [7, 11) is 0. The van der Waals surface area contributed by atoms with Crippen LogP contribution in [0.2, 0.25) is 0 Å². The first kappa shape index (κ1) is 12.1. The van der Waals surface area contributed by atoms with Gasteiger partial charge in [-0.05, 0) is 31.5 Å². The van der Waals surface area contributed by atoms with Gasteiger partial charge >= 0.3 is 0 Å². The zero-order valence-corrected chi connectivity index (χ0v) is 9.95. The van der Waals surface area contributed by atoms with Gasteiger partial charge in [0.05, 0.1) is 12.7 Å². The van der Waals surface area contributed by atoms with Gasteiger partial charge in [0.2, 0.25) is 0 Å². The molecule has 0 aliphatic rings. The lowest BCUT2D eigenvalue weighted by molar-refractivity contribution is 0.218. The van der Waals surface area contributed by atoms with Crippen LogP contribution in [0.15, 0.2) is 24.3 Å². The summed E-state index contributed by atoms with van der Waals surface area (Å²) < 4.78 is 5.55. The fraction of sp³-hybridized carbons (Fsp3) is 0.538. The summed E-state index contributed by atoms with van der Waals surface area (Å²) in [5, 5.41) is 9.23. The normalized spacial score (nSPS) is 11.9. The average Bonchev–Trinajstić information content (AvgIpc) is 2.18. The van der Waals surface area contributed by atoms with E-state index in [1.54, 1.807) is 0 Å². The highest BCUT2D eigenvalue weighted by atomic mass is 16.5. The van der Waals surface area contributed by atoms with Crippen molar-refractivity contribution in [2.45, 2.75) is 39.2 Å². The third-order valence-corrected chi connectivity index (χ3v) is 2.40. The second-order valence-corrected chi connectivity index (χ2v) is 4.73. The SMILES string of the molecule is CC(C)Oc1ccc(C(C)(C)CO)cc1. The van der Waals surface area contributed by atoms with Gasteiger partial charge in [0.1, 0.15) is 5.75 Å². The number of rotatable bonds is 4. The van der Waals surface area contributed by atoms with E-state index >= 15 is 0 Å². The number of hydrogen-bond donors (Lipinski definition) is 1. The maximum Gasteiger partial charge on any atom is 0.119 e. The number of hydrogen-bond acceptors (Lipinski definition) is 2. The first-order valence-electron chi connectivity index (χ1n) is 5.34. The smallest absolute Gasteiger partial charge is 0.119 e. The topological polar surface area (TPSA) is 29.5 Å². The van der Waals surface area contributed by atoms with Crippen molar-refractivity contribution < 1.29 is 9.84 Å². The van der Waals surface area contributed by atoms with E-state index in [0.717, 1.165) is 11.3 Å². The largest absolute Gasteiger partial charge is 0.491 e. The molecule has 0 fully saturated rings. The van der Waals surface area contributed by atoms with Gasteiger partial charge < -0.3 is 9.84 Å². The molecule has 15 heavy (non-hydrogen) atoms. The number of aliphatic hydroxyl groups is 1. The predicted molar refractivity (Wildman–Crippen MR) is 62.3 cm³/mol. The Morgan fingerprint density at radius 3 is 2.13 bits per heavy atom. The Labute approximate surface area is 91.9 Å². The van der Waals surface area contributed by atoms with Crippen LogP contribution in [0.5, 0.6) is 5.75 Å². The van der Waals surface area contributed by atoms with E-state index in [9.17, 15) is 5.11 Å². The summed E-state index contributed by atoms with van der Waals surface area (Å²) in [4.78, 5) is 0. The minimum absolute atomic E-state index is 0.150. The van der Waals surface area contributed by atoms with E-state index in [4.69, 9.17) is 4.74 Å². The molecular weight excluding hydrogens is 188 g/mol. The quantitative estimate of drug-likeness (QED) is 0.824. The molecule has 0 heterocycles. The summed E-state index contributed by atoms with van der Waals surface area (Å²) in [6.07, 6.45) is 0.196. The van der Waals surface area contributed by atoms with Crippen molar-refractivity contribution >= 4 is 0 Å². The molecule has 0 aliphatic heterocycles. The molecular formula is C13H20O2. The minimum Gasteiger partial charge on any atom is -0.491 e. The van der Waals surface area contributed by atoms with E-state index in [-0.39, 0.29) is 18.1 Å². The van der Waals surface area contributed by atoms with Gasteiger partial charge in [-0.3, -0.25) is 0 Å². The molecule has 0 aliphatic carbocycles. The molecule has 1 N–H and O–H groups in total. The van der Waals surface area contributed by atoms with Crippen molar-refractivity contribution in [1.29, 1.82) is 0 Å². The van der Waals surface area contributed by atoms with Crippen LogP contribution in [0, 0.1) is 0 Å². The van der Waals surface area contributed by atoms with Crippen LogP contribution >= 0.6 is 0 Å². The lowest BCUT2D eigenvalue weighted by Crippen LogP contribution is -2.21. The van der Waals surface area contributed by atoms with Crippen molar-refractivity contribution in [2.75, 3.05) is 6.61 Å². The molecule has 84 valence electrons. The molecule has 0 aromatic heterocycles. The van der Waals surface area contributed by atoms with Crippen LogP contribution in [0.3, 0.4) is 0 Å². The maximum absolute atomic E-state index is 9.23. The fourth-order valence-electron chi connectivity index (χ4n) is 1.35. The highest BCUT2D eigenvalue weighted by Gasteiger charge is 2.18. The molecule has 0 saturated heterocycles. The Morgan fingerprint density at radius 1 is 1.20 bits per heavy atom. The monoisotopic (exact) mass is 208 g/mol. The van der Waals surface area contributed by atoms with Crippen LogP contribution in [0.25, 0.3) is 0 Å². The molecule has 1 aromatic rings. The van der Waals surface area contributed by atoms with Gasteiger partial charge in [-0.15, -0.1) is 0 Å². The fourth-order valence-corrected chi connectivity index (χ4v) is 1.35. The van der Waals surface area contributed by atoms with Crippen molar-refractivity contribution in [3.8, 4) is 5.75 Å². The van der Waals surface area contributed by atoms with Crippen LogP contribution in [0.1, 0.15) is 33.3 Å². The molecule has 2 heteroatoms. The number of aliphatic hydroxyl groups excluding tert-OH is 1. The van der Waals surface area contributed by atoms with Crippen LogP contribution < -0.4 is 4.74 Å². The predicted octanol–water partition coefficient (Wildman–Crippen LogP) is 2.74. The summed E-state index contributed by atoms with van der Waals surface area (Å²) in [5.74, 6) is 0.877. The minimum atomic E-state index is -0.184. The third kappa shape index (κ3) is 3.24. The summed E-state index contributed by atoms with van der Waals surface area (Å²) in [6.45, 7) is 8.20. The summed E-state index contributed by atoms with van der Waals surface area (Å²) >= 11 is 0. The van der Waals surface area contributed by atoms with E-state index in [2.05, 4.69) is 0 Å². The molecule has 1 aromatic carbocycles. The molecule has 0 unspecified atom stereocenters. The van der Waals surface area contributed by atoms with Gasteiger partial charge in [0.15, 0.2) is 0 Å². The second kappa shape index (κ2) is 4.67. The zero-order valence-electron chi connectivity index (χ0n) is 9.95. The Hall–Kier alpha value is -1.02. The van der Waals surface area contributed by atoms with E-state index < -0.39 is 0 Å². The van der Waals surface area contributed by atoms with Gasteiger partial charge in [0, 0.05) is 5.41 Å². The molecule has 0 atom stereocenters. The lowest BCUT2D eigenvalue weighted by Gasteiger charge is -2.22. The van der Waals surface area contributed by atoms with E-state index in [1.165, 1.54) is 0 Å². The average molecular weight is 208 g/mol. The molecule has 0 amide bonds. The standard InChI is InChI=1S/C13H20O2/c1-10(2)15-12-7-5-11(6-8-12)13(3,4)9-14/h5-8,10,14H,9H2,1-4H3. The molecule has 0 bridgehead atoms. The van der Waals surface area contributed by atoms with Crippen molar-refractivity contribution in [1.82, 2.24) is 0 Å². The molecule has 2 nitrogen and oxygen atoms in total. The van der Waals surface area contributed by atoms with Gasteiger partial charge in [-0.2, -0.15) is 0 Å². The van der Waals surface area contributed by atoms with Crippen LogP contribution in [0.4, 0.5) is 0 Å². The Bertz CT molecular complexity index is 299. The van der Waals surface area contributed by atoms with Crippen LogP contribution in [-0.4, -0.2) is 17.8 Å². The van der Waals surface area contributed by atoms with Gasteiger partial charge in [-0.1, -0.05) is 26.0 Å². The van der Waals surface area contributed by atoms with Gasteiger partial charge in [-0.25, -0.2) is 0 Å². The van der Waals surface area contributed by atoms with Crippen LogP contribution in [-0.2, 0) is 5.41 Å². The van der Waals surface area contributed by atoms with Crippen molar-refractivity contribution in [3.05, 3.63) is 29.8 Å². The third-order valence-electron chi connectivity index (χ3n) is 2.40. The Morgan fingerprint density at radius 2 is 1.73 bits per heavy atom. The molecule has 0 spiro atoms. The molecule has 0 radical (unpaired) electrons. The second-order valence-electron chi connectivity index (χ2n) is 4.73. The lowest BCUT2D eigenvalue weighted by atomic mass is 9.86. The Kier molecular flexibility index (Phi) is 3.75. The van der Waals surface area contributed by atoms with Crippen molar-refractivity contribution in [3.63, 3.8) is 0 Å². The highest BCUT2D eigenvalue weighted by molar-refractivity contribution is 5.31. The highest BCUT2D eigenvalue weighted by Crippen LogP contribution is 2.24. The first-order valence-corrected chi connectivity index (χ1v) is 5.34. The van der Waals surface area contributed by atoms with E-state index in [1.807, 2.05) is 52.0 Å². The number of benzene rings is 1. The molecule has 0 saturated carbocycles. The van der Waals surface area contributed by atoms with Crippen molar-refractivity contribution in [2.24, 2.45) is 0 Å². The zero-order chi connectivity index (χ0) is 11.5. The number of ether oxygens (including phenoxy) is 1. The maximum atomic E-state index is 9.23. The summed E-state index contributed by atoms with van der Waals surface area (Å²) in [6, 6.07) is 7.92. The summed E-state index contributed by atoms with van der Waals surface area (Å²) in [5.41, 5.74) is 0.942. The first-order chi connectivity index (χ1) is 6.95. The van der Waals surface area contributed by atoms with E-state index in [0.29, 0.717) is 0 Å².